The number of hydrogen-bond donors (Lipinski definition) is 1. The normalized spacial score (nSPS) is 22.4. The third-order valence-electron chi connectivity index (χ3n) is 7.30. The van der Waals surface area contributed by atoms with E-state index < -0.39 is 5.25 Å². The SMILES string of the molecule is C[C@@H]1CN(C(=O)CC2Sc3ccc(Cl)cc3NC2=O)C[C@H](C)N1Cc1cn([C@H](C)c2ccc(F)c(Br)c2)nn1. The smallest absolute Gasteiger partial charge is 0.238 e. The number of rotatable bonds is 6. The molecule has 12 heteroatoms. The number of carbonyl (C=O) groups is 2. The zero-order valence-corrected chi connectivity index (χ0v) is 24.9. The molecular weight excluding hydrogens is 607 g/mol. The molecule has 3 aromatic rings. The van der Waals surface area contributed by atoms with Crippen LogP contribution in [0.25, 0.3) is 0 Å². The number of piperazine rings is 1. The molecule has 2 aliphatic heterocycles. The predicted molar refractivity (Wildman–Crippen MR) is 153 cm³/mol. The van der Waals surface area contributed by atoms with Crippen molar-refractivity contribution in [2.45, 2.75) is 62.0 Å². The second kappa shape index (κ2) is 11.6. The summed E-state index contributed by atoms with van der Waals surface area (Å²) < 4.78 is 15.8. The Morgan fingerprint density at radius 3 is 2.69 bits per heavy atom. The second-order valence-electron chi connectivity index (χ2n) is 10.1. The van der Waals surface area contributed by atoms with Gasteiger partial charge in [-0.05, 0) is 72.6 Å². The minimum absolute atomic E-state index is 0.0244. The van der Waals surface area contributed by atoms with Crippen molar-refractivity contribution in [2.24, 2.45) is 0 Å². The molecule has 2 aromatic carbocycles. The average Bonchev–Trinajstić information content (AvgIpc) is 3.36. The Labute approximate surface area is 244 Å². The van der Waals surface area contributed by atoms with Crippen LogP contribution in [0.2, 0.25) is 5.02 Å². The van der Waals surface area contributed by atoms with Gasteiger partial charge in [-0.3, -0.25) is 14.5 Å². The number of nitrogens with one attached hydrogen (secondary N) is 1. The van der Waals surface area contributed by atoms with Gasteiger partial charge in [0.25, 0.3) is 0 Å². The van der Waals surface area contributed by atoms with E-state index >= 15 is 0 Å². The number of nitrogens with zero attached hydrogens (tertiary/aromatic N) is 5. The maximum atomic E-state index is 13.6. The van der Waals surface area contributed by atoms with E-state index in [4.69, 9.17) is 11.6 Å². The maximum absolute atomic E-state index is 13.6. The molecule has 2 amide bonds. The van der Waals surface area contributed by atoms with Crippen molar-refractivity contribution in [3.63, 3.8) is 0 Å². The highest BCUT2D eigenvalue weighted by Crippen LogP contribution is 2.38. The lowest BCUT2D eigenvalue weighted by molar-refractivity contribution is -0.136. The lowest BCUT2D eigenvalue weighted by Crippen LogP contribution is -2.58. The van der Waals surface area contributed by atoms with Crippen LogP contribution in [0.15, 0.2) is 52.0 Å². The minimum atomic E-state index is -0.478. The van der Waals surface area contributed by atoms with E-state index in [2.05, 4.69) is 50.3 Å². The maximum Gasteiger partial charge on any atom is 0.238 e. The van der Waals surface area contributed by atoms with E-state index in [1.54, 1.807) is 28.9 Å². The Bertz CT molecular complexity index is 1390. The fraction of sp³-hybridized carbons (Fsp3) is 0.407. The van der Waals surface area contributed by atoms with Crippen LogP contribution in [0, 0.1) is 5.82 Å². The van der Waals surface area contributed by atoms with Gasteiger partial charge >= 0.3 is 0 Å². The second-order valence-corrected chi connectivity index (χ2v) is 12.7. The lowest BCUT2D eigenvalue weighted by atomic mass is 10.1. The molecule has 1 fully saturated rings. The molecule has 0 saturated carbocycles. The highest BCUT2D eigenvalue weighted by molar-refractivity contribution is 9.10. The largest absolute Gasteiger partial charge is 0.340 e. The molecule has 1 unspecified atom stereocenters. The number of carbonyl (C=O) groups excluding carboxylic acids is 2. The highest BCUT2D eigenvalue weighted by Gasteiger charge is 2.35. The summed E-state index contributed by atoms with van der Waals surface area (Å²) in [6, 6.07) is 10.4. The van der Waals surface area contributed by atoms with E-state index in [0.29, 0.717) is 34.8 Å². The molecule has 206 valence electrons. The standard InChI is InChI=1S/C27H29BrClFN6O2S/c1-15-11-34(26(37)10-25-27(38)31-23-9-19(29)5-7-24(23)39-25)12-16(2)35(15)13-20-14-36(33-32-20)17(3)18-4-6-22(30)21(28)8-18/h4-9,14-17,25H,10-13H2,1-3H3,(H,31,38)/t15-,16+,17-,25?/m1/s1. The average molecular weight is 636 g/mol. The summed E-state index contributed by atoms with van der Waals surface area (Å²) in [5.74, 6) is -0.501. The Balaban J connectivity index is 1.19. The molecule has 8 nitrogen and oxygen atoms in total. The number of hydrogen-bond acceptors (Lipinski definition) is 6. The first-order chi connectivity index (χ1) is 18.6. The first-order valence-corrected chi connectivity index (χ1v) is 14.8. The van der Waals surface area contributed by atoms with Gasteiger partial charge in [-0.2, -0.15) is 0 Å². The van der Waals surface area contributed by atoms with Gasteiger partial charge in [0.05, 0.1) is 33.3 Å². The number of aromatic nitrogens is 3. The summed E-state index contributed by atoms with van der Waals surface area (Å²) in [5.41, 5.74) is 2.44. The first kappa shape index (κ1) is 28.1. The molecule has 1 N–H and O–H groups in total. The van der Waals surface area contributed by atoms with Crippen LogP contribution < -0.4 is 5.32 Å². The zero-order valence-electron chi connectivity index (χ0n) is 21.8. The monoisotopic (exact) mass is 634 g/mol. The van der Waals surface area contributed by atoms with Gasteiger partial charge in [-0.25, -0.2) is 9.07 Å². The molecule has 1 aromatic heterocycles. The number of halogens is 3. The molecule has 39 heavy (non-hydrogen) atoms. The van der Waals surface area contributed by atoms with Crippen molar-refractivity contribution in [2.75, 3.05) is 18.4 Å². The van der Waals surface area contributed by atoms with Gasteiger partial charge in [-0.1, -0.05) is 22.9 Å². The highest BCUT2D eigenvalue weighted by atomic mass is 79.9. The van der Waals surface area contributed by atoms with Crippen molar-refractivity contribution < 1.29 is 14.0 Å². The van der Waals surface area contributed by atoms with E-state index in [1.807, 2.05) is 24.1 Å². The van der Waals surface area contributed by atoms with Gasteiger partial charge in [-0.15, -0.1) is 16.9 Å². The van der Waals surface area contributed by atoms with Crippen LogP contribution in [0.1, 0.15) is 44.5 Å². The van der Waals surface area contributed by atoms with Gasteiger partial charge in [0.2, 0.25) is 11.8 Å². The predicted octanol–water partition coefficient (Wildman–Crippen LogP) is 5.37. The fourth-order valence-corrected chi connectivity index (χ4v) is 6.75. The lowest BCUT2D eigenvalue weighted by Gasteiger charge is -2.44. The third-order valence-corrected chi connectivity index (χ3v) is 9.42. The first-order valence-electron chi connectivity index (χ1n) is 12.7. The molecule has 4 atom stereocenters. The Hall–Kier alpha value is -2.47. The molecule has 0 spiro atoms. The topological polar surface area (TPSA) is 83.4 Å². The van der Waals surface area contributed by atoms with Crippen molar-refractivity contribution in [3.8, 4) is 0 Å². The van der Waals surface area contributed by atoms with Crippen molar-refractivity contribution in [1.29, 1.82) is 0 Å². The van der Waals surface area contributed by atoms with Crippen molar-refractivity contribution >= 4 is 56.8 Å². The number of amides is 2. The van der Waals surface area contributed by atoms with E-state index in [0.717, 1.165) is 16.2 Å². The van der Waals surface area contributed by atoms with Crippen LogP contribution in [0.4, 0.5) is 10.1 Å². The number of anilines is 1. The van der Waals surface area contributed by atoms with Gasteiger partial charge in [0, 0.05) is 48.1 Å². The summed E-state index contributed by atoms with van der Waals surface area (Å²) in [7, 11) is 0. The van der Waals surface area contributed by atoms with Crippen molar-refractivity contribution in [3.05, 3.63) is 69.2 Å². The summed E-state index contributed by atoms with van der Waals surface area (Å²) in [6.07, 6.45) is 2.06. The number of benzene rings is 2. The molecule has 0 aliphatic carbocycles. The van der Waals surface area contributed by atoms with E-state index in [1.165, 1.54) is 17.8 Å². The van der Waals surface area contributed by atoms with Crippen LogP contribution in [-0.2, 0) is 16.1 Å². The Morgan fingerprint density at radius 2 is 1.97 bits per heavy atom. The molecule has 5 rings (SSSR count). The zero-order chi connectivity index (χ0) is 27.8. The number of fused-ring (bicyclic) bond motifs is 1. The Kier molecular flexibility index (Phi) is 8.32. The van der Waals surface area contributed by atoms with Crippen LogP contribution in [0.3, 0.4) is 0 Å². The van der Waals surface area contributed by atoms with Crippen LogP contribution >= 0.6 is 39.3 Å². The molecule has 1 saturated heterocycles. The molecular formula is C27H29BrClFN6O2S. The van der Waals surface area contributed by atoms with Gasteiger partial charge in [0.1, 0.15) is 5.82 Å². The minimum Gasteiger partial charge on any atom is -0.340 e. The van der Waals surface area contributed by atoms with Gasteiger partial charge in [0.15, 0.2) is 0 Å². The third kappa shape index (κ3) is 6.16. The summed E-state index contributed by atoms with van der Waals surface area (Å²) >= 11 is 10.7. The summed E-state index contributed by atoms with van der Waals surface area (Å²) in [6.45, 7) is 7.93. The van der Waals surface area contributed by atoms with Crippen LogP contribution in [-0.4, -0.2) is 67.0 Å². The van der Waals surface area contributed by atoms with Gasteiger partial charge < -0.3 is 10.2 Å². The summed E-state index contributed by atoms with van der Waals surface area (Å²) in [4.78, 5) is 31.0. The fourth-order valence-electron chi connectivity index (χ4n) is 5.10. The molecule has 3 heterocycles. The van der Waals surface area contributed by atoms with E-state index in [-0.39, 0.29) is 42.2 Å². The molecule has 2 aliphatic rings. The summed E-state index contributed by atoms with van der Waals surface area (Å²) in [5, 5.41) is 11.7. The quantitative estimate of drug-likeness (QED) is 0.393. The van der Waals surface area contributed by atoms with Crippen molar-refractivity contribution in [1.82, 2.24) is 24.8 Å². The number of thioether (sulfide) groups is 1. The molecule has 0 radical (unpaired) electrons. The van der Waals surface area contributed by atoms with Crippen LogP contribution in [0.5, 0.6) is 0 Å². The molecule has 0 bridgehead atoms. The van der Waals surface area contributed by atoms with E-state index in [9.17, 15) is 14.0 Å². The Morgan fingerprint density at radius 1 is 1.23 bits per heavy atom.